The minimum absolute atomic E-state index is 0.446. The summed E-state index contributed by atoms with van der Waals surface area (Å²) in [6, 6.07) is 6.89. The highest BCUT2D eigenvalue weighted by molar-refractivity contribution is 5.66. The highest BCUT2D eigenvalue weighted by Gasteiger charge is 2.14. The summed E-state index contributed by atoms with van der Waals surface area (Å²) in [7, 11) is 0. The Morgan fingerprint density at radius 1 is 1.20 bits per heavy atom. The van der Waals surface area contributed by atoms with Gasteiger partial charge in [-0.3, -0.25) is 0 Å². The van der Waals surface area contributed by atoms with Crippen LogP contribution in [0.2, 0.25) is 0 Å². The van der Waals surface area contributed by atoms with Gasteiger partial charge in [0.15, 0.2) is 0 Å². The third-order valence-electron chi connectivity index (χ3n) is 3.74. The van der Waals surface area contributed by atoms with Gasteiger partial charge >= 0.3 is 0 Å². The molecule has 4 heteroatoms. The van der Waals surface area contributed by atoms with Crippen LogP contribution in [-0.2, 0) is 0 Å². The van der Waals surface area contributed by atoms with Crippen LogP contribution in [-0.4, -0.2) is 29.1 Å². The quantitative estimate of drug-likeness (QED) is 0.898. The zero-order valence-corrected chi connectivity index (χ0v) is 12.0. The normalized spacial score (nSPS) is 18.2. The number of nitrogens with zero attached hydrogens (tertiary/aromatic N) is 2. The molecule has 2 aromatic rings. The first-order chi connectivity index (χ1) is 9.72. The van der Waals surface area contributed by atoms with E-state index in [1.54, 1.807) is 0 Å². The summed E-state index contributed by atoms with van der Waals surface area (Å²) in [6.45, 7) is 6.29. The molecule has 4 nitrogen and oxygen atoms in total. The Hall–Kier alpha value is -1.94. The summed E-state index contributed by atoms with van der Waals surface area (Å²) in [5.41, 5.74) is 4.80. The predicted octanol–water partition coefficient (Wildman–Crippen LogP) is 2.53. The number of hydrogen-bond donors (Lipinski definition) is 2. The molecule has 1 fully saturated rings. The first kappa shape index (κ1) is 13.1. The van der Waals surface area contributed by atoms with E-state index in [0.717, 1.165) is 25.1 Å². The molecule has 3 rings (SSSR count). The molecule has 2 N–H and O–H groups in total. The van der Waals surface area contributed by atoms with Crippen molar-refractivity contribution in [3.63, 3.8) is 0 Å². The van der Waals surface area contributed by atoms with Crippen molar-refractivity contribution in [2.45, 2.75) is 26.3 Å². The Morgan fingerprint density at radius 2 is 2.00 bits per heavy atom. The molecule has 0 radical (unpaired) electrons. The van der Waals surface area contributed by atoms with Crippen molar-refractivity contribution < 1.29 is 0 Å². The van der Waals surface area contributed by atoms with Crippen molar-refractivity contribution in [3.05, 3.63) is 41.7 Å². The molecule has 0 amide bonds. The van der Waals surface area contributed by atoms with Crippen molar-refractivity contribution in [2.24, 2.45) is 0 Å². The van der Waals surface area contributed by atoms with Gasteiger partial charge in [-0.25, -0.2) is 9.97 Å². The fraction of sp³-hybridized carbons (Fsp3) is 0.375. The van der Waals surface area contributed by atoms with Crippen molar-refractivity contribution in [1.82, 2.24) is 15.3 Å². The predicted molar refractivity (Wildman–Crippen MR) is 81.8 cm³/mol. The molecule has 2 heterocycles. The molecule has 1 saturated heterocycles. The molecule has 1 aliphatic rings. The molecule has 1 aromatic heterocycles. The Kier molecular flexibility index (Phi) is 3.65. The van der Waals surface area contributed by atoms with Crippen molar-refractivity contribution in [3.8, 4) is 11.1 Å². The highest BCUT2D eigenvalue weighted by atomic mass is 15.1. The van der Waals surface area contributed by atoms with Gasteiger partial charge in [0.05, 0.1) is 0 Å². The number of aryl methyl sites for hydroxylation is 2. The number of hydrogen-bond acceptors (Lipinski definition) is 4. The van der Waals surface area contributed by atoms with Gasteiger partial charge in [0, 0.05) is 30.5 Å². The Labute approximate surface area is 119 Å². The molecule has 0 saturated carbocycles. The molecule has 1 unspecified atom stereocenters. The van der Waals surface area contributed by atoms with Crippen LogP contribution >= 0.6 is 0 Å². The lowest BCUT2D eigenvalue weighted by molar-refractivity contribution is 0.780. The number of nitrogens with one attached hydrogen (secondary N) is 2. The molecule has 0 spiro atoms. The maximum absolute atomic E-state index is 4.43. The van der Waals surface area contributed by atoms with E-state index in [2.05, 4.69) is 52.6 Å². The van der Waals surface area contributed by atoms with Gasteiger partial charge < -0.3 is 10.6 Å². The molecule has 104 valence electrons. The molecule has 0 bridgehead atoms. The average molecular weight is 268 g/mol. The topological polar surface area (TPSA) is 49.8 Å². The zero-order chi connectivity index (χ0) is 13.9. The smallest absolute Gasteiger partial charge is 0.222 e. The van der Waals surface area contributed by atoms with E-state index >= 15 is 0 Å². The van der Waals surface area contributed by atoms with Crippen LogP contribution in [0.25, 0.3) is 11.1 Å². The molecular formula is C16H20N4. The summed E-state index contributed by atoms with van der Waals surface area (Å²) in [5, 5.41) is 6.68. The summed E-state index contributed by atoms with van der Waals surface area (Å²) >= 11 is 0. The summed E-state index contributed by atoms with van der Waals surface area (Å²) in [4.78, 5) is 8.86. The third-order valence-corrected chi connectivity index (χ3v) is 3.74. The van der Waals surface area contributed by atoms with Crippen molar-refractivity contribution in [2.75, 3.05) is 18.4 Å². The zero-order valence-electron chi connectivity index (χ0n) is 12.0. The van der Waals surface area contributed by atoms with E-state index in [-0.39, 0.29) is 0 Å². The summed E-state index contributed by atoms with van der Waals surface area (Å²) in [6.07, 6.45) is 4.92. The minimum atomic E-state index is 0.446. The van der Waals surface area contributed by atoms with Gasteiger partial charge in [0.1, 0.15) is 0 Å². The standard InChI is InChI=1S/C16H20N4/c1-11-3-4-15(12(2)7-11)13-8-18-16(19-9-13)20-14-5-6-17-10-14/h3-4,7-9,14,17H,5-6,10H2,1-2H3,(H,18,19,20). The van der Waals surface area contributed by atoms with Crippen LogP contribution in [0.4, 0.5) is 5.95 Å². The van der Waals surface area contributed by atoms with E-state index in [0.29, 0.717) is 12.0 Å². The second-order valence-corrected chi connectivity index (χ2v) is 5.45. The van der Waals surface area contributed by atoms with E-state index in [1.807, 2.05) is 12.4 Å². The number of rotatable bonds is 3. The molecule has 1 aromatic carbocycles. The first-order valence-corrected chi connectivity index (χ1v) is 7.09. The highest BCUT2D eigenvalue weighted by Crippen LogP contribution is 2.23. The lowest BCUT2D eigenvalue weighted by Crippen LogP contribution is -2.23. The third kappa shape index (κ3) is 2.80. The second kappa shape index (κ2) is 5.59. The van der Waals surface area contributed by atoms with Crippen molar-refractivity contribution >= 4 is 5.95 Å². The monoisotopic (exact) mass is 268 g/mol. The Morgan fingerprint density at radius 3 is 2.65 bits per heavy atom. The lowest BCUT2D eigenvalue weighted by atomic mass is 10.0. The number of benzene rings is 1. The van der Waals surface area contributed by atoms with E-state index < -0.39 is 0 Å². The fourth-order valence-corrected chi connectivity index (χ4v) is 2.64. The van der Waals surface area contributed by atoms with Crippen LogP contribution in [0.1, 0.15) is 17.5 Å². The Balaban J connectivity index is 1.78. The van der Waals surface area contributed by atoms with Crippen LogP contribution < -0.4 is 10.6 Å². The minimum Gasteiger partial charge on any atom is -0.350 e. The van der Waals surface area contributed by atoms with E-state index in [9.17, 15) is 0 Å². The van der Waals surface area contributed by atoms with E-state index in [1.165, 1.54) is 16.7 Å². The molecule has 1 aliphatic heterocycles. The van der Waals surface area contributed by atoms with Gasteiger partial charge in [0.2, 0.25) is 5.95 Å². The molecule has 0 aliphatic carbocycles. The van der Waals surface area contributed by atoms with Gasteiger partial charge in [-0.15, -0.1) is 0 Å². The first-order valence-electron chi connectivity index (χ1n) is 7.09. The van der Waals surface area contributed by atoms with Gasteiger partial charge in [-0.1, -0.05) is 23.8 Å². The van der Waals surface area contributed by atoms with Crippen LogP contribution in [0.3, 0.4) is 0 Å². The van der Waals surface area contributed by atoms with Gasteiger partial charge in [-0.2, -0.15) is 0 Å². The average Bonchev–Trinajstić information content (AvgIpc) is 2.93. The second-order valence-electron chi connectivity index (χ2n) is 5.45. The number of aromatic nitrogens is 2. The van der Waals surface area contributed by atoms with Gasteiger partial charge in [0.25, 0.3) is 0 Å². The maximum atomic E-state index is 4.43. The summed E-state index contributed by atoms with van der Waals surface area (Å²) in [5.74, 6) is 0.715. The molecule has 1 atom stereocenters. The van der Waals surface area contributed by atoms with E-state index in [4.69, 9.17) is 0 Å². The van der Waals surface area contributed by atoms with Crippen LogP contribution in [0.5, 0.6) is 0 Å². The Bertz CT molecular complexity index is 586. The van der Waals surface area contributed by atoms with Crippen LogP contribution in [0.15, 0.2) is 30.6 Å². The van der Waals surface area contributed by atoms with Crippen molar-refractivity contribution in [1.29, 1.82) is 0 Å². The SMILES string of the molecule is Cc1ccc(-c2cnc(NC3CCNC3)nc2)c(C)c1. The van der Waals surface area contributed by atoms with Crippen LogP contribution in [0, 0.1) is 13.8 Å². The summed E-state index contributed by atoms with van der Waals surface area (Å²) < 4.78 is 0. The maximum Gasteiger partial charge on any atom is 0.222 e. The molecule has 20 heavy (non-hydrogen) atoms. The molecular weight excluding hydrogens is 248 g/mol. The fourth-order valence-electron chi connectivity index (χ4n) is 2.64. The van der Waals surface area contributed by atoms with Gasteiger partial charge in [-0.05, 0) is 37.9 Å². The largest absolute Gasteiger partial charge is 0.350 e. The number of anilines is 1. The lowest BCUT2D eigenvalue weighted by Gasteiger charge is -2.11.